The number of hydroxylamine groups is 2. The second-order valence-electron chi connectivity index (χ2n) is 6.93. The Morgan fingerprint density at radius 1 is 1.42 bits per heavy atom. The van der Waals surface area contributed by atoms with Gasteiger partial charge in [-0.25, -0.2) is 0 Å². The van der Waals surface area contributed by atoms with Gasteiger partial charge in [0.1, 0.15) is 11.9 Å². The summed E-state index contributed by atoms with van der Waals surface area (Å²) in [6.07, 6.45) is 5.12. The molecule has 19 heavy (non-hydrogen) atoms. The van der Waals surface area contributed by atoms with Crippen LogP contribution in [0.1, 0.15) is 53.9 Å². The molecule has 1 amide bonds. The average Bonchev–Trinajstić information content (AvgIpc) is 2.70. The van der Waals surface area contributed by atoms with Crippen LogP contribution in [-0.2, 0) is 9.63 Å². The minimum Gasteiger partial charge on any atom is -0.407 e. The molecule has 0 unspecified atom stereocenters. The van der Waals surface area contributed by atoms with Gasteiger partial charge in [0.05, 0.1) is 0 Å². The first-order valence-corrected chi connectivity index (χ1v) is 7.18. The number of rotatable bonds is 3. The predicted molar refractivity (Wildman–Crippen MR) is 75.0 cm³/mol. The maximum absolute atomic E-state index is 12.5. The lowest BCUT2D eigenvalue weighted by Gasteiger charge is -2.37. The predicted octanol–water partition coefficient (Wildman–Crippen LogP) is 2.91. The van der Waals surface area contributed by atoms with Crippen LogP contribution < -0.4 is 0 Å². The lowest BCUT2D eigenvalue weighted by Crippen LogP contribution is -2.48. The van der Waals surface area contributed by atoms with Gasteiger partial charge in [0.15, 0.2) is 5.54 Å². The highest BCUT2D eigenvalue weighted by Crippen LogP contribution is 2.44. The van der Waals surface area contributed by atoms with Gasteiger partial charge < -0.3 is 9.74 Å². The number of allylic oxidation sites excluding steroid dienone is 1. The standard InChI is InChI=1S/C15H26N2O2/c1-7-8-9-11-10-15(5)13(18)16(6)12(14(2,3)4)17(15)19-11/h10,12H,7-9H2,1-6H3/t12-,15-/m0/s1. The van der Waals surface area contributed by atoms with Crippen molar-refractivity contribution in [1.29, 1.82) is 0 Å². The van der Waals surface area contributed by atoms with Crippen LogP contribution in [0, 0.1) is 5.41 Å². The van der Waals surface area contributed by atoms with Crippen molar-refractivity contribution in [1.82, 2.24) is 9.96 Å². The van der Waals surface area contributed by atoms with Gasteiger partial charge in [-0.05, 0) is 24.8 Å². The number of amides is 1. The van der Waals surface area contributed by atoms with E-state index < -0.39 is 5.54 Å². The van der Waals surface area contributed by atoms with Crippen LogP contribution in [0.5, 0.6) is 0 Å². The van der Waals surface area contributed by atoms with Crippen molar-refractivity contribution in [3.05, 3.63) is 11.8 Å². The topological polar surface area (TPSA) is 32.8 Å². The fraction of sp³-hybridized carbons (Fsp3) is 0.800. The van der Waals surface area contributed by atoms with Crippen molar-refractivity contribution in [2.75, 3.05) is 7.05 Å². The maximum Gasteiger partial charge on any atom is 0.251 e. The summed E-state index contributed by atoms with van der Waals surface area (Å²) < 4.78 is 0. The molecule has 2 aliphatic rings. The summed E-state index contributed by atoms with van der Waals surface area (Å²) in [7, 11) is 1.87. The van der Waals surface area contributed by atoms with Crippen LogP contribution in [0.4, 0.5) is 0 Å². The van der Waals surface area contributed by atoms with E-state index in [0.717, 1.165) is 25.0 Å². The molecule has 4 nitrogen and oxygen atoms in total. The van der Waals surface area contributed by atoms with Crippen molar-refractivity contribution < 1.29 is 9.63 Å². The Balaban J connectivity index is 2.28. The monoisotopic (exact) mass is 266 g/mol. The Kier molecular flexibility index (Phi) is 3.42. The minimum absolute atomic E-state index is 0.0274. The lowest BCUT2D eigenvalue weighted by molar-refractivity contribution is -0.191. The molecular weight excluding hydrogens is 240 g/mol. The van der Waals surface area contributed by atoms with Gasteiger partial charge in [0.2, 0.25) is 0 Å². The van der Waals surface area contributed by atoms with Crippen LogP contribution in [0.25, 0.3) is 0 Å². The molecule has 2 rings (SSSR count). The summed E-state index contributed by atoms with van der Waals surface area (Å²) in [5.41, 5.74) is -0.675. The third-order valence-electron chi connectivity index (χ3n) is 4.01. The van der Waals surface area contributed by atoms with Crippen LogP contribution in [0.3, 0.4) is 0 Å². The highest BCUT2D eigenvalue weighted by Gasteiger charge is 2.60. The number of hydrogen-bond donors (Lipinski definition) is 0. The molecule has 2 aliphatic heterocycles. The third kappa shape index (κ3) is 2.16. The van der Waals surface area contributed by atoms with E-state index in [-0.39, 0.29) is 17.5 Å². The highest BCUT2D eigenvalue weighted by atomic mass is 16.7. The largest absolute Gasteiger partial charge is 0.407 e. The quantitative estimate of drug-likeness (QED) is 0.787. The summed E-state index contributed by atoms with van der Waals surface area (Å²) in [6, 6.07) is 0. The molecular formula is C15H26N2O2. The zero-order chi connectivity index (χ0) is 14.4. The summed E-state index contributed by atoms with van der Waals surface area (Å²) in [5, 5.41) is 1.89. The number of carbonyl (C=O) groups is 1. The van der Waals surface area contributed by atoms with Crippen LogP contribution in [-0.4, -0.2) is 34.6 Å². The number of unbranched alkanes of at least 4 members (excludes halogenated alkanes) is 1. The van der Waals surface area contributed by atoms with E-state index in [0.29, 0.717) is 0 Å². The first kappa shape index (κ1) is 14.4. The van der Waals surface area contributed by atoms with Crippen molar-refractivity contribution in [2.24, 2.45) is 5.41 Å². The van der Waals surface area contributed by atoms with Crippen molar-refractivity contribution in [2.45, 2.75) is 65.6 Å². The second kappa shape index (κ2) is 4.51. The summed E-state index contributed by atoms with van der Waals surface area (Å²) >= 11 is 0. The van der Waals surface area contributed by atoms with Gasteiger partial charge in [-0.3, -0.25) is 4.79 Å². The summed E-state index contributed by atoms with van der Waals surface area (Å²) in [4.78, 5) is 20.4. The Morgan fingerprint density at radius 3 is 2.58 bits per heavy atom. The van der Waals surface area contributed by atoms with Gasteiger partial charge >= 0.3 is 0 Å². The fourth-order valence-corrected chi connectivity index (χ4v) is 3.11. The zero-order valence-electron chi connectivity index (χ0n) is 13.0. The van der Waals surface area contributed by atoms with Crippen LogP contribution in [0.2, 0.25) is 0 Å². The molecule has 4 heteroatoms. The Morgan fingerprint density at radius 2 is 2.05 bits per heavy atom. The molecule has 2 heterocycles. The molecule has 0 aromatic rings. The van der Waals surface area contributed by atoms with Gasteiger partial charge in [-0.2, -0.15) is 0 Å². The maximum atomic E-state index is 12.5. The first-order chi connectivity index (χ1) is 8.71. The number of hydrogen-bond acceptors (Lipinski definition) is 3. The van der Waals surface area contributed by atoms with E-state index in [1.165, 1.54) is 0 Å². The van der Waals surface area contributed by atoms with Crippen molar-refractivity contribution in [3.8, 4) is 0 Å². The van der Waals surface area contributed by atoms with E-state index >= 15 is 0 Å². The number of nitrogens with zero attached hydrogens (tertiary/aromatic N) is 2. The van der Waals surface area contributed by atoms with E-state index in [9.17, 15) is 4.79 Å². The van der Waals surface area contributed by atoms with Gasteiger partial charge in [0.25, 0.3) is 5.91 Å². The number of carbonyl (C=O) groups excluding carboxylic acids is 1. The van der Waals surface area contributed by atoms with Crippen LogP contribution >= 0.6 is 0 Å². The Bertz CT molecular complexity index is 411. The molecule has 0 N–H and O–H groups in total. The smallest absolute Gasteiger partial charge is 0.251 e. The van der Waals surface area contributed by atoms with Gasteiger partial charge in [0, 0.05) is 13.5 Å². The summed E-state index contributed by atoms with van der Waals surface area (Å²) in [6.45, 7) is 10.5. The van der Waals surface area contributed by atoms with Crippen molar-refractivity contribution in [3.63, 3.8) is 0 Å². The zero-order valence-corrected chi connectivity index (χ0v) is 13.0. The molecule has 0 aromatic heterocycles. The molecule has 0 bridgehead atoms. The third-order valence-corrected chi connectivity index (χ3v) is 4.01. The van der Waals surface area contributed by atoms with Crippen LogP contribution in [0.15, 0.2) is 11.8 Å². The Hall–Kier alpha value is -1.03. The fourth-order valence-electron chi connectivity index (χ4n) is 3.11. The van der Waals surface area contributed by atoms with Gasteiger partial charge in [-0.1, -0.05) is 34.1 Å². The van der Waals surface area contributed by atoms with E-state index in [2.05, 4.69) is 27.7 Å². The molecule has 108 valence electrons. The Labute approximate surface area is 116 Å². The SMILES string of the molecule is CCCCC1=C[C@@]2(C)C(=O)N(C)[C@H](C(C)(C)C)N2O1. The van der Waals surface area contributed by atoms with E-state index in [4.69, 9.17) is 4.84 Å². The normalized spacial score (nSPS) is 31.5. The number of likely N-dealkylation sites (N-methyl/N-ethyl adjacent to an activating group) is 1. The molecule has 0 aliphatic carbocycles. The molecule has 1 fully saturated rings. The molecule has 0 saturated carbocycles. The summed E-state index contributed by atoms with van der Waals surface area (Å²) in [5.74, 6) is 1.07. The lowest BCUT2D eigenvalue weighted by atomic mass is 9.91. The molecule has 0 aromatic carbocycles. The molecule has 0 radical (unpaired) electrons. The van der Waals surface area contributed by atoms with E-state index in [1.807, 2.05) is 30.0 Å². The second-order valence-corrected chi connectivity index (χ2v) is 6.93. The molecule has 0 spiro atoms. The van der Waals surface area contributed by atoms with Gasteiger partial charge in [-0.15, -0.1) is 5.06 Å². The molecule has 1 saturated heterocycles. The highest BCUT2D eigenvalue weighted by molar-refractivity contribution is 5.90. The van der Waals surface area contributed by atoms with Crippen molar-refractivity contribution >= 4 is 5.91 Å². The average molecular weight is 266 g/mol. The minimum atomic E-state index is -0.629. The molecule has 2 atom stereocenters. The van der Waals surface area contributed by atoms with E-state index in [1.54, 1.807) is 0 Å². The first-order valence-electron chi connectivity index (χ1n) is 7.18. The number of fused-ring (bicyclic) bond motifs is 1.